The fourth-order valence-electron chi connectivity index (χ4n) is 9.00. The van der Waals surface area contributed by atoms with Crippen molar-refractivity contribution in [1.29, 1.82) is 0 Å². The predicted molar refractivity (Wildman–Crippen MR) is 325 cm³/mol. The predicted octanol–water partition coefficient (Wildman–Crippen LogP) is 21.9. The number of carbonyl (C=O) groups excluding carboxylic acids is 3. The molecule has 0 aromatic heterocycles. The quantitative estimate of drug-likeness (QED) is 0.0261. The van der Waals surface area contributed by atoms with Gasteiger partial charge < -0.3 is 14.2 Å². The Balaban J connectivity index is 4.47. The van der Waals surface area contributed by atoms with Crippen LogP contribution in [0.3, 0.4) is 0 Å². The van der Waals surface area contributed by atoms with Crippen molar-refractivity contribution in [3.63, 3.8) is 0 Å². The summed E-state index contributed by atoms with van der Waals surface area (Å²) in [6.07, 6.45) is 83.1. The van der Waals surface area contributed by atoms with Gasteiger partial charge in [0.05, 0.1) is 0 Å². The Hall–Kier alpha value is -3.41. The van der Waals surface area contributed by atoms with Crippen LogP contribution < -0.4 is 0 Å². The van der Waals surface area contributed by atoms with Crippen LogP contribution in [0.15, 0.2) is 85.1 Å². The second kappa shape index (κ2) is 63.1. The second-order valence-electron chi connectivity index (χ2n) is 21.3. The highest BCUT2D eigenvalue weighted by atomic mass is 16.6. The van der Waals surface area contributed by atoms with Crippen molar-refractivity contribution in [2.45, 2.75) is 322 Å². The monoisotopic (exact) mass is 1040 g/mol. The highest BCUT2D eigenvalue weighted by Gasteiger charge is 2.19. The normalized spacial score (nSPS) is 12.6. The molecule has 0 bridgehead atoms. The van der Waals surface area contributed by atoms with Crippen molar-refractivity contribution in [3.05, 3.63) is 85.1 Å². The third-order valence-corrected chi connectivity index (χ3v) is 13.9. The minimum Gasteiger partial charge on any atom is -0.462 e. The molecule has 0 spiro atoms. The number of unbranched alkanes of at least 4 members (excludes halogenated alkanes) is 33. The van der Waals surface area contributed by atoms with Crippen molar-refractivity contribution in [1.82, 2.24) is 0 Å². The van der Waals surface area contributed by atoms with Crippen molar-refractivity contribution >= 4 is 17.9 Å². The molecule has 0 saturated carbocycles. The third kappa shape index (κ3) is 61.3. The van der Waals surface area contributed by atoms with E-state index in [-0.39, 0.29) is 37.5 Å². The summed E-state index contributed by atoms with van der Waals surface area (Å²) in [5.41, 5.74) is 0. The molecule has 0 aromatic carbocycles. The van der Waals surface area contributed by atoms with Crippen LogP contribution in [0.4, 0.5) is 0 Å². The molecule has 0 fully saturated rings. The Labute approximate surface area is 465 Å². The molecule has 0 saturated heterocycles. The SMILES string of the molecule is CCCCC/C=C\C/C=C\C/C=C\C/C=C\C/C=C\CCC(=O)OC[C@H](COC(=O)CCCCCCCCCCC/C=C\CCCCCCCC)OC(=O)CCCCCCCCCCC/C=C\CCCCCCCC. The van der Waals surface area contributed by atoms with Crippen molar-refractivity contribution in [2.75, 3.05) is 13.2 Å². The summed E-state index contributed by atoms with van der Waals surface area (Å²) in [5.74, 6) is -0.978. The number of allylic oxidation sites excluding steroid dienone is 14. The number of esters is 3. The average molecular weight is 1050 g/mol. The van der Waals surface area contributed by atoms with Gasteiger partial charge in [0, 0.05) is 19.3 Å². The lowest BCUT2D eigenvalue weighted by Crippen LogP contribution is -2.30. The van der Waals surface area contributed by atoms with Crippen molar-refractivity contribution in [2.24, 2.45) is 0 Å². The molecule has 0 heterocycles. The number of hydrogen-bond donors (Lipinski definition) is 0. The van der Waals surface area contributed by atoms with Gasteiger partial charge in [-0.05, 0) is 109 Å². The number of hydrogen-bond acceptors (Lipinski definition) is 6. The maximum atomic E-state index is 12.9. The Morgan fingerprint density at radius 3 is 0.867 bits per heavy atom. The largest absolute Gasteiger partial charge is 0.462 e. The van der Waals surface area contributed by atoms with Gasteiger partial charge in [-0.2, -0.15) is 0 Å². The third-order valence-electron chi connectivity index (χ3n) is 13.9. The van der Waals surface area contributed by atoms with E-state index in [0.717, 1.165) is 64.2 Å². The van der Waals surface area contributed by atoms with E-state index in [1.54, 1.807) is 0 Å². The van der Waals surface area contributed by atoms with E-state index in [1.165, 1.54) is 205 Å². The van der Waals surface area contributed by atoms with Gasteiger partial charge in [-0.1, -0.05) is 273 Å². The van der Waals surface area contributed by atoms with Crippen LogP contribution in [0, 0.1) is 0 Å². The Kier molecular flexibility index (Phi) is 60.3. The Bertz CT molecular complexity index is 1430. The van der Waals surface area contributed by atoms with Crippen LogP contribution >= 0.6 is 0 Å². The molecular formula is C69H120O6. The van der Waals surface area contributed by atoms with E-state index in [9.17, 15) is 14.4 Å². The van der Waals surface area contributed by atoms with Gasteiger partial charge in [-0.25, -0.2) is 0 Å². The molecule has 0 aliphatic heterocycles. The molecule has 0 aliphatic rings. The summed E-state index contributed by atoms with van der Waals surface area (Å²) >= 11 is 0. The minimum absolute atomic E-state index is 0.1000. The van der Waals surface area contributed by atoms with Crippen LogP contribution in [0.5, 0.6) is 0 Å². The number of rotatable bonds is 58. The van der Waals surface area contributed by atoms with E-state index in [4.69, 9.17) is 14.2 Å². The van der Waals surface area contributed by atoms with Crippen molar-refractivity contribution < 1.29 is 28.6 Å². The van der Waals surface area contributed by atoms with Gasteiger partial charge in [0.1, 0.15) is 13.2 Å². The van der Waals surface area contributed by atoms with Gasteiger partial charge >= 0.3 is 17.9 Å². The van der Waals surface area contributed by atoms with E-state index < -0.39 is 6.10 Å². The van der Waals surface area contributed by atoms with Gasteiger partial charge in [0.2, 0.25) is 0 Å². The molecule has 432 valence electrons. The van der Waals surface area contributed by atoms with Gasteiger partial charge in [-0.15, -0.1) is 0 Å². The summed E-state index contributed by atoms with van der Waals surface area (Å²) in [5, 5.41) is 0. The van der Waals surface area contributed by atoms with Crippen LogP contribution in [-0.2, 0) is 28.6 Å². The second-order valence-corrected chi connectivity index (χ2v) is 21.3. The van der Waals surface area contributed by atoms with E-state index in [2.05, 4.69) is 99.8 Å². The topological polar surface area (TPSA) is 78.9 Å². The van der Waals surface area contributed by atoms with E-state index >= 15 is 0 Å². The first-order valence-electron chi connectivity index (χ1n) is 32.1. The average Bonchev–Trinajstić information content (AvgIpc) is 3.41. The molecule has 0 amide bonds. The van der Waals surface area contributed by atoms with Crippen molar-refractivity contribution in [3.8, 4) is 0 Å². The first kappa shape index (κ1) is 71.6. The molecule has 1 atom stereocenters. The molecular weight excluding hydrogens is 925 g/mol. The van der Waals surface area contributed by atoms with Gasteiger partial charge in [0.15, 0.2) is 6.10 Å². The highest BCUT2D eigenvalue weighted by molar-refractivity contribution is 5.71. The summed E-state index contributed by atoms with van der Waals surface area (Å²) < 4.78 is 16.9. The van der Waals surface area contributed by atoms with Crippen LogP contribution in [0.2, 0.25) is 0 Å². The molecule has 6 heteroatoms. The van der Waals surface area contributed by atoms with Gasteiger partial charge in [0.25, 0.3) is 0 Å². The maximum absolute atomic E-state index is 12.9. The lowest BCUT2D eigenvalue weighted by atomic mass is 10.1. The molecule has 0 radical (unpaired) electrons. The fourth-order valence-corrected chi connectivity index (χ4v) is 9.00. The molecule has 0 unspecified atom stereocenters. The number of carbonyl (C=O) groups is 3. The Morgan fingerprint density at radius 2 is 0.507 bits per heavy atom. The lowest BCUT2D eigenvalue weighted by molar-refractivity contribution is -0.166. The zero-order chi connectivity index (χ0) is 54.3. The molecule has 0 aliphatic carbocycles. The minimum atomic E-state index is -0.810. The summed E-state index contributed by atoms with van der Waals surface area (Å²) in [7, 11) is 0. The summed E-state index contributed by atoms with van der Waals surface area (Å²) in [4.78, 5) is 38.3. The van der Waals surface area contributed by atoms with E-state index in [1.807, 2.05) is 6.08 Å². The first-order valence-corrected chi connectivity index (χ1v) is 32.1. The van der Waals surface area contributed by atoms with E-state index in [0.29, 0.717) is 19.3 Å². The number of ether oxygens (including phenoxy) is 3. The van der Waals surface area contributed by atoms with Crippen LogP contribution in [0.1, 0.15) is 316 Å². The van der Waals surface area contributed by atoms with Crippen LogP contribution in [0.25, 0.3) is 0 Å². The molecule has 75 heavy (non-hydrogen) atoms. The molecule has 0 aromatic rings. The zero-order valence-corrected chi connectivity index (χ0v) is 49.6. The smallest absolute Gasteiger partial charge is 0.306 e. The fraction of sp³-hybridized carbons (Fsp3) is 0.754. The molecule has 0 rings (SSSR count). The molecule has 6 nitrogen and oxygen atoms in total. The first-order chi connectivity index (χ1) is 37.0. The maximum Gasteiger partial charge on any atom is 0.306 e. The molecule has 0 N–H and O–H groups in total. The zero-order valence-electron chi connectivity index (χ0n) is 49.6. The summed E-state index contributed by atoms with van der Waals surface area (Å²) in [6.45, 7) is 6.57. The summed E-state index contributed by atoms with van der Waals surface area (Å²) in [6, 6.07) is 0. The highest BCUT2D eigenvalue weighted by Crippen LogP contribution is 2.16. The lowest BCUT2D eigenvalue weighted by Gasteiger charge is -2.18. The van der Waals surface area contributed by atoms with Gasteiger partial charge in [-0.3, -0.25) is 14.4 Å². The standard InChI is InChI=1S/C69H120O6/c1-4-7-10-13-16-19-22-25-28-31-34-37-40-43-46-49-52-55-58-61-67(70)73-64-66(75-69(72)63-60-57-54-51-48-45-42-39-36-33-30-27-24-21-18-15-12-9-6-3)65-74-68(71)62-59-56-53-50-47-44-41-38-35-32-29-26-23-20-17-14-11-8-5-2/h16,19,25-30,34,37,43,46,52,55,66H,4-15,17-18,20-24,31-33,35-36,38-42,44-45,47-51,53-54,56-65H2,1-3H3/b19-16-,28-25-,29-26-,30-27-,37-34-,46-43-,55-52-/t66-/m1/s1. The Morgan fingerprint density at radius 1 is 0.267 bits per heavy atom. The van der Waals surface area contributed by atoms with Crippen LogP contribution in [-0.4, -0.2) is 37.2 Å².